The average Bonchev–Trinajstić information content (AvgIpc) is 3.10. The summed E-state index contributed by atoms with van der Waals surface area (Å²) in [4.78, 5) is 26.9. The Balaban J connectivity index is 1.57. The Labute approximate surface area is 157 Å². The summed E-state index contributed by atoms with van der Waals surface area (Å²) in [5.74, 6) is -1.62. The highest BCUT2D eigenvalue weighted by molar-refractivity contribution is 7.89. The molecule has 2 saturated heterocycles. The highest BCUT2D eigenvalue weighted by Crippen LogP contribution is 2.20. The van der Waals surface area contributed by atoms with Crippen LogP contribution in [0.1, 0.15) is 12.8 Å². The lowest BCUT2D eigenvalue weighted by atomic mass is 10.2. The zero-order chi connectivity index (χ0) is 19.6. The fourth-order valence-electron chi connectivity index (χ4n) is 3.50. The van der Waals surface area contributed by atoms with Crippen LogP contribution in [0.4, 0.5) is 4.39 Å². The molecule has 1 atom stereocenters. The molecular weight excluding hydrogens is 377 g/mol. The molecule has 0 aliphatic carbocycles. The summed E-state index contributed by atoms with van der Waals surface area (Å²) in [6, 6.07) is 4.01. The molecule has 0 radical (unpaired) electrons. The van der Waals surface area contributed by atoms with E-state index in [1.165, 1.54) is 16.4 Å². The first kappa shape index (κ1) is 19.7. The number of rotatable bonds is 5. The first-order chi connectivity index (χ1) is 12.8. The predicted octanol–water partition coefficient (Wildman–Crippen LogP) is 0.208. The largest absolute Gasteiger partial charge is 0.480 e. The topological polar surface area (TPSA) is 98.2 Å². The van der Waals surface area contributed by atoms with Crippen LogP contribution in [-0.4, -0.2) is 84.8 Å². The number of likely N-dealkylation sites (tertiary alicyclic amines) is 1. The van der Waals surface area contributed by atoms with Gasteiger partial charge in [0.1, 0.15) is 11.9 Å². The van der Waals surface area contributed by atoms with E-state index in [9.17, 15) is 27.5 Å². The molecule has 0 unspecified atom stereocenters. The van der Waals surface area contributed by atoms with Crippen LogP contribution in [-0.2, 0) is 19.6 Å². The molecule has 1 amide bonds. The molecule has 0 bridgehead atoms. The van der Waals surface area contributed by atoms with Crippen molar-refractivity contribution in [3.8, 4) is 0 Å². The molecule has 27 heavy (non-hydrogen) atoms. The summed E-state index contributed by atoms with van der Waals surface area (Å²) in [5.41, 5.74) is 0. The maximum atomic E-state index is 13.0. The van der Waals surface area contributed by atoms with Crippen molar-refractivity contribution in [2.75, 3.05) is 39.3 Å². The molecule has 0 spiro atoms. The van der Waals surface area contributed by atoms with Gasteiger partial charge < -0.3 is 10.0 Å². The molecule has 1 aromatic carbocycles. The van der Waals surface area contributed by atoms with E-state index >= 15 is 0 Å². The third-order valence-corrected chi connectivity index (χ3v) is 6.94. The Morgan fingerprint density at radius 2 is 1.70 bits per heavy atom. The van der Waals surface area contributed by atoms with Crippen molar-refractivity contribution < 1.29 is 27.5 Å². The Kier molecular flexibility index (Phi) is 5.78. The van der Waals surface area contributed by atoms with Gasteiger partial charge in [-0.1, -0.05) is 0 Å². The van der Waals surface area contributed by atoms with Gasteiger partial charge in [0.05, 0.1) is 11.4 Å². The van der Waals surface area contributed by atoms with Gasteiger partial charge >= 0.3 is 5.97 Å². The van der Waals surface area contributed by atoms with E-state index in [2.05, 4.69) is 0 Å². The number of piperazine rings is 1. The van der Waals surface area contributed by atoms with Gasteiger partial charge in [-0.05, 0) is 43.7 Å². The number of carbonyl (C=O) groups is 2. The van der Waals surface area contributed by atoms with Crippen LogP contribution in [0.2, 0.25) is 0 Å². The first-order valence-corrected chi connectivity index (χ1v) is 10.2. The molecule has 1 N–H and O–H groups in total. The van der Waals surface area contributed by atoms with E-state index in [1.807, 2.05) is 0 Å². The molecule has 2 aliphatic rings. The number of hydrogen-bond acceptors (Lipinski definition) is 5. The molecule has 8 nitrogen and oxygen atoms in total. The maximum Gasteiger partial charge on any atom is 0.320 e. The van der Waals surface area contributed by atoms with Crippen molar-refractivity contribution in [1.29, 1.82) is 0 Å². The maximum absolute atomic E-state index is 13.0. The summed E-state index contributed by atoms with van der Waals surface area (Å²) in [7, 11) is -3.73. The number of aliphatic carboxylic acids is 1. The quantitative estimate of drug-likeness (QED) is 0.760. The third kappa shape index (κ3) is 4.28. The third-order valence-electron chi connectivity index (χ3n) is 5.03. The minimum atomic E-state index is -3.73. The molecule has 2 aliphatic heterocycles. The Hall–Kier alpha value is -2.04. The molecule has 148 valence electrons. The number of hydrogen-bond donors (Lipinski definition) is 1. The Morgan fingerprint density at radius 3 is 2.30 bits per heavy atom. The normalized spacial score (nSPS) is 22.1. The zero-order valence-corrected chi connectivity index (χ0v) is 15.6. The van der Waals surface area contributed by atoms with Gasteiger partial charge in [0.25, 0.3) is 0 Å². The number of carbonyl (C=O) groups excluding carboxylic acids is 1. The highest BCUT2D eigenvalue weighted by atomic mass is 32.2. The van der Waals surface area contributed by atoms with Crippen LogP contribution in [0.15, 0.2) is 29.2 Å². The number of carboxylic acids is 1. The van der Waals surface area contributed by atoms with E-state index in [-0.39, 0.29) is 43.5 Å². The second-order valence-corrected chi connectivity index (χ2v) is 8.64. The lowest BCUT2D eigenvalue weighted by molar-refractivity contribution is -0.143. The first-order valence-electron chi connectivity index (χ1n) is 8.79. The van der Waals surface area contributed by atoms with Crippen molar-refractivity contribution in [3.05, 3.63) is 30.1 Å². The van der Waals surface area contributed by atoms with Gasteiger partial charge in [-0.3, -0.25) is 14.5 Å². The number of halogens is 1. The van der Waals surface area contributed by atoms with E-state index in [1.54, 1.807) is 9.80 Å². The summed E-state index contributed by atoms with van der Waals surface area (Å²) >= 11 is 0. The van der Waals surface area contributed by atoms with E-state index < -0.39 is 27.9 Å². The van der Waals surface area contributed by atoms with Crippen molar-refractivity contribution in [1.82, 2.24) is 14.1 Å². The Bertz CT molecular complexity index is 806. The number of carboxylic acid groups (broad SMARTS) is 1. The van der Waals surface area contributed by atoms with E-state index in [0.29, 0.717) is 13.0 Å². The zero-order valence-electron chi connectivity index (χ0n) is 14.8. The van der Waals surface area contributed by atoms with Gasteiger partial charge in [-0.2, -0.15) is 4.31 Å². The van der Waals surface area contributed by atoms with Crippen LogP contribution in [0, 0.1) is 5.82 Å². The smallest absolute Gasteiger partial charge is 0.320 e. The molecule has 0 saturated carbocycles. The summed E-state index contributed by atoms with van der Waals surface area (Å²) < 4.78 is 39.5. The number of amides is 1. The van der Waals surface area contributed by atoms with Crippen LogP contribution in [0.25, 0.3) is 0 Å². The van der Waals surface area contributed by atoms with Gasteiger partial charge in [0, 0.05) is 26.2 Å². The Morgan fingerprint density at radius 1 is 1.07 bits per heavy atom. The number of benzene rings is 1. The summed E-state index contributed by atoms with van der Waals surface area (Å²) in [6.07, 6.45) is 1.28. The summed E-state index contributed by atoms with van der Waals surface area (Å²) in [5, 5.41) is 9.19. The van der Waals surface area contributed by atoms with Crippen LogP contribution in [0.3, 0.4) is 0 Å². The molecule has 0 aromatic heterocycles. The van der Waals surface area contributed by atoms with E-state index in [0.717, 1.165) is 18.6 Å². The van der Waals surface area contributed by atoms with Crippen LogP contribution < -0.4 is 0 Å². The molecule has 2 heterocycles. The minimum absolute atomic E-state index is 0.0186. The summed E-state index contributed by atoms with van der Waals surface area (Å²) in [6.45, 7) is 1.38. The van der Waals surface area contributed by atoms with Crippen LogP contribution >= 0.6 is 0 Å². The molecule has 10 heteroatoms. The van der Waals surface area contributed by atoms with Gasteiger partial charge in [0.15, 0.2) is 0 Å². The monoisotopic (exact) mass is 399 g/mol. The lowest BCUT2D eigenvalue weighted by Gasteiger charge is -2.35. The van der Waals surface area contributed by atoms with Crippen molar-refractivity contribution in [3.63, 3.8) is 0 Å². The van der Waals surface area contributed by atoms with E-state index in [4.69, 9.17) is 0 Å². The number of sulfonamides is 1. The fraction of sp³-hybridized carbons (Fsp3) is 0.529. The molecular formula is C17H22FN3O5S. The van der Waals surface area contributed by atoms with Gasteiger partial charge in [-0.15, -0.1) is 0 Å². The van der Waals surface area contributed by atoms with Gasteiger partial charge in [0.2, 0.25) is 15.9 Å². The van der Waals surface area contributed by atoms with Crippen molar-refractivity contribution in [2.45, 2.75) is 23.8 Å². The highest BCUT2D eigenvalue weighted by Gasteiger charge is 2.34. The second-order valence-electron chi connectivity index (χ2n) is 6.71. The molecule has 3 rings (SSSR count). The van der Waals surface area contributed by atoms with Crippen molar-refractivity contribution in [2.24, 2.45) is 0 Å². The average molecular weight is 399 g/mol. The van der Waals surface area contributed by atoms with Crippen LogP contribution in [0.5, 0.6) is 0 Å². The standard InChI is InChI=1S/C17H22FN3O5S/c18-13-3-5-14(6-4-13)27(25,26)21-10-8-19(9-11-21)16(22)12-20-7-1-2-15(20)17(23)24/h3-6,15H,1-2,7-12H2,(H,23,24)/t15-/m1/s1. The second kappa shape index (κ2) is 7.91. The molecule has 2 fully saturated rings. The minimum Gasteiger partial charge on any atom is -0.480 e. The lowest BCUT2D eigenvalue weighted by Crippen LogP contribution is -2.53. The molecule has 1 aromatic rings. The van der Waals surface area contributed by atoms with Crippen molar-refractivity contribution >= 4 is 21.9 Å². The van der Waals surface area contributed by atoms with Gasteiger partial charge in [-0.25, -0.2) is 12.8 Å². The fourth-order valence-corrected chi connectivity index (χ4v) is 4.92. The SMILES string of the molecule is O=C(O)[C@H]1CCCN1CC(=O)N1CCN(S(=O)(=O)c2ccc(F)cc2)CC1. The predicted molar refractivity (Wildman–Crippen MR) is 94.0 cm³/mol. The number of nitrogens with zero attached hydrogens (tertiary/aromatic N) is 3.